The van der Waals surface area contributed by atoms with Crippen LogP contribution in [0.15, 0.2) is 48.5 Å². The molecule has 304 valence electrons. The van der Waals surface area contributed by atoms with Crippen molar-refractivity contribution >= 4 is 19.3 Å². The van der Waals surface area contributed by atoms with Crippen molar-refractivity contribution in [2.75, 3.05) is 26.4 Å². The predicted molar refractivity (Wildman–Crippen MR) is 218 cm³/mol. The summed E-state index contributed by atoms with van der Waals surface area (Å²) in [5.41, 5.74) is -0.316. The molecule has 1 N–H and O–H groups in total. The van der Waals surface area contributed by atoms with Gasteiger partial charge in [-0.2, -0.15) is 5.26 Å². The average Bonchev–Trinajstić information content (AvgIpc) is 3.64. The maximum atomic E-state index is 11.9. The van der Waals surface area contributed by atoms with E-state index in [-0.39, 0.29) is 12.4 Å². The quantitative estimate of drug-likeness (QED) is 0.0702. The summed E-state index contributed by atoms with van der Waals surface area (Å²) in [6, 6.07) is 14.6. The second-order valence-electron chi connectivity index (χ2n) is 15.5. The van der Waals surface area contributed by atoms with E-state index in [0.717, 1.165) is 48.7 Å². The SMILES string of the molecule is C#Cc1ccc(OCCCCC)cc1.CC(C)(C)OC(=O)N1[C@@H](C=O)COC1(C)C.CCCCCOc1ccc(C#C[C@H](O)C2COC(C)(C)B2OC#N)cc1. The minimum absolute atomic E-state index is 0.218. The van der Waals surface area contributed by atoms with Crippen LogP contribution >= 0.6 is 0 Å². The Morgan fingerprint density at radius 2 is 1.48 bits per heavy atom. The molecule has 4 rings (SSSR count). The van der Waals surface area contributed by atoms with E-state index >= 15 is 0 Å². The number of terminal acetylenes is 1. The van der Waals surface area contributed by atoms with E-state index in [0.29, 0.717) is 12.9 Å². The molecule has 2 saturated heterocycles. The number of carbonyl (C=O) groups excluding carboxylic acids is 2. The first-order valence-electron chi connectivity index (χ1n) is 19.4. The zero-order valence-electron chi connectivity index (χ0n) is 34.8. The van der Waals surface area contributed by atoms with Crippen molar-refractivity contribution in [3.63, 3.8) is 0 Å². The topological polar surface area (TPSA) is 137 Å². The maximum Gasteiger partial charge on any atom is 0.414 e. The van der Waals surface area contributed by atoms with E-state index in [1.54, 1.807) is 40.9 Å². The Balaban J connectivity index is 0.000000310. The fourth-order valence-corrected chi connectivity index (χ4v) is 5.77. The molecule has 0 spiro atoms. The molecule has 2 aromatic carbocycles. The number of ether oxygens (including phenoxy) is 5. The van der Waals surface area contributed by atoms with Crippen LogP contribution in [0.3, 0.4) is 0 Å². The number of rotatable bonds is 13. The van der Waals surface area contributed by atoms with Gasteiger partial charge in [-0.3, -0.25) is 4.90 Å². The van der Waals surface area contributed by atoms with Crippen molar-refractivity contribution in [1.29, 1.82) is 5.26 Å². The Bertz CT molecular complexity index is 1630. The third-order valence-electron chi connectivity index (χ3n) is 8.85. The normalized spacial score (nSPS) is 18.2. The Kier molecular flexibility index (Phi) is 19.9. The summed E-state index contributed by atoms with van der Waals surface area (Å²) in [5, 5.41) is 19.2. The molecule has 12 heteroatoms. The molecular formula is C44H61BN2O9. The van der Waals surface area contributed by atoms with Crippen LogP contribution in [-0.4, -0.2) is 84.7 Å². The highest BCUT2D eigenvalue weighted by Crippen LogP contribution is 2.35. The third kappa shape index (κ3) is 16.2. The van der Waals surface area contributed by atoms with E-state index in [4.69, 9.17) is 40.0 Å². The van der Waals surface area contributed by atoms with Crippen LogP contribution in [0, 0.1) is 35.7 Å². The van der Waals surface area contributed by atoms with Crippen LogP contribution < -0.4 is 9.47 Å². The van der Waals surface area contributed by atoms with Gasteiger partial charge in [0, 0.05) is 23.6 Å². The first-order chi connectivity index (χ1) is 26.5. The number of benzene rings is 2. The van der Waals surface area contributed by atoms with Crippen molar-refractivity contribution in [3.8, 4) is 41.9 Å². The Hall–Kier alpha value is -4.67. The van der Waals surface area contributed by atoms with E-state index < -0.39 is 42.0 Å². The first-order valence-corrected chi connectivity index (χ1v) is 19.4. The Morgan fingerprint density at radius 1 is 0.946 bits per heavy atom. The molecule has 0 aromatic heterocycles. The van der Waals surface area contributed by atoms with Crippen LogP contribution in [-0.2, 0) is 23.7 Å². The minimum Gasteiger partial charge on any atom is -0.494 e. The lowest BCUT2D eigenvalue weighted by atomic mass is 9.46. The monoisotopic (exact) mass is 772 g/mol. The van der Waals surface area contributed by atoms with Gasteiger partial charge in [-0.15, -0.1) is 6.42 Å². The molecule has 1 unspecified atom stereocenters. The molecule has 0 radical (unpaired) electrons. The number of aldehydes is 1. The van der Waals surface area contributed by atoms with Gasteiger partial charge in [-0.25, -0.2) is 4.79 Å². The molecule has 0 saturated carbocycles. The average molecular weight is 773 g/mol. The number of nitriles is 1. The second kappa shape index (κ2) is 23.4. The van der Waals surface area contributed by atoms with Gasteiger partial charge in [-0.1, -0.05) is 57.3 Å². The van der Waals surface area contributed by atoms with Crippen LogP contribution in [0.1, 0.15) is 112 Å². The minimum atomic E-state index is -0.930. The summed E-state index contributed by atoms with van der Waals surface area (Å²) in [7, 11) is 0. The molecule has 1 amide bonds. The highest BCUT2D eigenvalue weighted by atomic mass is 16.6. The fraction of sp³-hybridized carbons (Fsp3) is 0.568. The summed E-state index contributed by atoms with van der Waals surface area (Å²) < 4.78 is 32.6. The van der Waals surface area contributed by atoms with Gasteiger partial charge in [0.1, 0.15) is 41.3 Å². The molecule has 2 fully saturated rings. The van der Waals surface area contributed by atoms with E-state index in [1.807, 2.05) is 62.4 Å². The number of aliphatic hydroxyl groups excluding tert-OH is 1. The predicted octanol–water partition coefficient (Wildman–Crippen LogP) is 7.97. The number of carbonyl (C=O) groups is 2. The lowest BCUT2D eigenvalue weighted by Gasteiger charge is -2.33. The molecule has 3 atom stereocenters. The third-order valence-corrected chi connectivity index (χ3v) is 8.85. The smallest absolute Gasteiger partial charge is 0.414 e. The fourth-order valence-electron chi connectivity index (χ4n) is 5.77. The zero-order valence-corrected chi connectivity index (χ0v) is 34.8. The molecule has 2 aliphatic heterocycles. The number of hydrogen-bond donors (Lipinski definition) is 1. The summed E-state index contributed by atoms with van der Waals surface area (Å²) in [6.07, 6.45) is 13.2. The van der Waals surface area contributed by atoms with Gasteiger partial charge < -0.3 is 38.2 Å². The van der Waals surface area contributed by atoms with E-state index in [1.165, 1.54) is 30.6 Å². The molecular weight excluding hydrogens is 711 g/mol. The largest absolute Gasteiger partial charge is 0.494 e. The molecule has 11 nitrogen and oxygen atoms in total. The van der Waals surface area contributed by atoms with Crippen LogP contribution in [0.4, 0.5) is 4.79 Å². The number of aliphatic hydroxyl groups is 1. The van der Waals surface area contributed by atoms with Gasteiger partial charge in [0.05, 0.1) is 25.3 Å². The first kappa shape index (κ1) is 47.5. The number of hydrogen-bond acceptors (Lipinski definition) is 10. The van der Waals surface area contributed by atoms with Crippen molar-refractivity contribution in [1.82, 2.24) is 4.90 Å². The van der Waals surface area contributed by atoms with Crippen molar-refractivity contribution in [2.24, 2.45) is 0 Å². The van der Waals surface area contributed by atoms with Crippen LogP contribution in [0.25, 0.3) is 0 Å². The zero-order chi connectivity index (χ0) is 41.8. The summed E-state index contributed by atoms with van der Waals surface area (Å²) in [5.74, 6) is 9.74. The molecule has 0 aliphatic carbocycles. The summed E-state index contributed by atoms with van der Waals surface area (Å²) in [4.78, 5) is 24.1. The molecule has 56 heavy (non-hydrogen) atoms. The molecule has 2 heterocycles. The lowest BCUT2D eigenvalue weighted by Crippen LogP contribution is -2.50. The van der Waals surface area contributed by atoms with Crippen molar-refractivity contribution in [3.05, 3.63) is 59.7 Å². The van der Waals surface area contributed by atoms with Crippen molar-refractivity contribution < 1.29 is 43.0 Å². The van der Waals surface area contributed by atoms with Crippen LogP contribution in [0.5, 0.6) is 11.5 Å². The highest BCUT2D eigenvalue weighted by molar-refractivity contribution is 6.58. The van der Waals surface area contributed by atoms with Gasteiger partial charge in [0.15, 0.2) is 0 Å². The van der Waals surface area contributed by atoms with Crippen LogP contribution in [0.2, 0.25) is 5.82 Å². The standard InChI is InChI=1S/C20H26BNO4.C13H16O.C11H19NO4/c1-4-5-6-13-24-17-10-7-16(8-11-17)9-12-19(23)18-14-25-20(2,3)21(18)26-15-22;1-3-5-6-11-14-13-9-7-12(4-2)8-10-13;1-10(2,3)16-9(14)12-8(6-13)7-15-11(12,4)5/h7-8,10-11,18-19,23H,4-6,13-14H2,1-3H3;2,7-10H,3,5-6,11H2,1H3;6,8H,7H2,1-5H3/t18?,19-;;8-/m0.0/s1. The summed E-state index contributed by atoms with van der Waals surface area (Å²) in [6.45, 7) is 18.4. The lowest BCUT2D eigenvalue weighted by molar-refractivity contribution is -0.113. The van der Waals surface area contributed by atoms with E-state index in [2.05, 4.69) is 31.6 Å². The van der Waals surface area contributed by atoms with Gasteiger partial charge in [0.25, 0.3) is 6.26 Å². The van der Waals surface area contributed by atoms with Gasteiger partial charge in [-0.05, 0) is 110 Å². The number of amides is 1. The maximum absolute atomic E-state index is 11.9. The Morgan fingerprint density at radius 3 is 1.95 bits per heavy atom. The summed E-state index contributed by atoms with van der Waals surface area (Å²) >= 11 is 0. The highest BCUT2D eigenvalue weighted by Gasteiger charge is 2.53. The number of unbranched alkanes of at least 4 members (excludes halogenated alkanes) is 4. The second-order valence-corrected chi connectivity index (χ2v) is 15.5. The molecule has 2 aromatic rings. The Labute approximate surface area is 335 Å². The number of nitrogens with zero attached hydrogens (tertiary/aromatic N) is 2. The molecule has 2 aliphatic rings. The van der Waals surface area contributed by atoms with Gasteiger partial charge in [0.2, 0.25) is 0 Å². The van der Waals surface area contributed by atoms with E-state index in [9.17, 15) is 14.7 Å². The molecule has 0 bridgehead atoms. The van der Waals surface area contributed by atoms with Crippen molar-refractivity contribution in [2.45, 2.75) is 136 Å². The van der Waals surface area contributed by atoms with Gasteiger partial charge >= 0.3 is 13.0 Å².